The minimum atomic E-state index is 0.734. The average Bonchev–Trinajstić information content (AvgIpc) is 2.85. The summed E-state index contributed by atoms with van der Waals surface area (Å²) in [7, 11) is 0. The molecule has 0 amide bonds. The zero-order chi connectivity index (χ0) is 10.8. The summed E-state index contributed by atoms with van der Waals surface area (Å²) in [5, 5.41) is 0. The van der Waals surface area contributed by atoms with Gasteiger partial charge in [-0.15, -0.1) is 0 Å². The fourth-order valence-corrected chi connectivity index (χ4v) is 3.29. The van der Waals surface area contributed by atoms with Crippen LogP contribution in [0.25, 0.3) is 0 Å². The quantitative estimate of drug-likeness (QED) is 0.705. The van der Waals surface area contributed by atoms with Crippen LogP contribution in [0.1, 0.15) is 46.5 Å². The summed E-state index contributed by atoms with van der Waals surface area (Å²) in [6, 6.07) is 2.49. The fourth-order valence-electron chi connectivity index (χ4n) is 3.29. The Bertz CT molecular complexity index is 203. The molecule has 2 fully saturated rings. The third kappa shape index (κ3) is 2.36. The van der Waals surface area contributed by atoms with Crippen LogP contribution < -0.4 is 0 Å². The van der Waals surface area contributed by atoms with Crippen molar-refractivity contribution in [3.05, 3.63) is 0 Å². The summed E-state index contributed by atoms with van der Waals surface area (Å²) in [6.07, 6.45) is 5.61. The molecule has 0 saturated carbocycles. The van der Waals surface area contributed by atoms with Crippen molar-refractivity contribution in [2.24, 2.45) is 0 Å². The summed E-state index contributed by atoms with van der Waals surface area (Å²) >= 11 is 0. The largest absolute Gasteiger partial charge is 0.299 e. The van der Waals surface area contributed by atoms with Crippen molar-refractivity contribution in [1.29, 1.82) is 0 Å². The molecular formula is C13H26N2. The average molecular weight is 210 g/mol. The van der Waals surface area contributed by atoms with Gasteiger partial charge in [-0.3, -0.25) is 9.80 Å². The lowest BCUT2D eigenvalue weighted by Gasteiger charge is -2.30. The maximum atomic E-state index is 2.79. The minimum Gasteiger partial charge on any atom is -0.299 e. The summed E-state index contributed by atoms with van der Waals surface area (Å²) < 4.78 is 0. The molecule has 0 aliphatic carbocycles. The van der Waals surface area contributed by atoms with Crippen LogP contribution >= 0.6 is 0 Å². The summed E-state index contributed by atoms with van der Waals surface area (Å²) in [5.41, 5.74) is 0. The van der Waals surface area contributed by atoms with Gasteiger partial charge in [0.05, 0.1) is 0 Å². The van der Waals surface area contributed by atoms with Gasteiger partial charge in [0, 0.05) is 31.2 Å². The Balaban J connectivity index is 1.89. The molecule has 0 N–H and O–H groups in total. The second kappa shape index (κ2) is 4.84. The highest BCUT2D eigenvalue weighted by atomic mass is 15.3. The number of nitrogens with zero attached hydrogens (tertiary/aromatic N) is 2. The van der Waals surface area contributed by atoms with E-state index in [4.69, 9.17) is 0 Å². The van der Waals surface area contributed by atoms with Crippen LogP contribution in [0.2, 0.25) is 0 Å². The highest BCUT2D eigenvalue weighted by Gasteiger charge is 2.34. The third-order valence-electron chi connectivity index (χ3n) is 4.29. The van der Waals surface area contributed by atoms with E-state index < -0.39 is 0 Å². The van der Waals surface area contributed by atoms with E-state index >= 15 is 0 Å². The van der Waals surface area contributed by atoms with Crippen molar-refractivity contribution < 1.29 is 0 Å². The molecule has 2 nitrogen and oxygen atoms in total. The van der Waals surface area contributed by atoms with Crippen LogP contribution in [0.15, 0.2) is 0 Å². The zero-order valence-corrected chi connectivity index (χ0v) is 10.6. The van der Waals surface area contributed by atoms with Gasteiger partial charge < -0.3 is 0 Å². The van der Waals surface area contributed by atoms with E-state index in [0.717, 1.165) is 18.1 Å². The first-order valence-corrected chi connectivity index (χ1v) is 6.72. The lowest BCUT2D eigenvalue weighted by atomic mass is 10.1. The molecule has 88 valence electrons. The Hall–Kier alpha value is -0.0800. The molecule has 2 heteroatoms. The number of likely N-dealkylation sites (tertiary alicyclic amines) is 2. The van der Waals surface area contributed by atoms with Crippen molar-refractivity contribution in [2.75, 3.05) is 19.6 Å². The molecule has 2 heterocycles. The van der Waals surface area contributed by atoms with E-state index in [0.29, 0.717) is 0 Å². The minimum absolute atomic E-state index is 0.734. The van der Waals surface area contributed by atoms with Crippen molar-refractivity contribution in [1.82, 2.24) is 9.80 Å². The maximum Gasteiger partial charge on any atom is 0.0238 e. The Kier molecular flexibility index (Phi) is 3.68. The number of hydrogen-bond donors (Lipinski definition) is 0. The van der Waals surface area contributed by atoms with Gasteiger partial charge in [0.15, 0.2) is 0 Å². The SMILES string of the molecule is CCC1CCCN1C1CCN(C(C)C)C1. The lowest BCUT2D eigenvalue weighted by Crippen LogP contribution is -2.41. The van der Waals surface area contributed by atoms with E-state index in [1.54, 1.807) is 0 Å². The molecular weight excluding hydrogens is 184 g/mol. The van der Waals surface area contributed by atoms with Gasteiger partial charge in [-0.2, -0.15) is 0 Å². The van der Waals surface area contributed by atoms with Gasteiger partial charge in [0.2, 0.25) is 0 Å². The molecule has 15 heavy (non-hydrogen) atoms. The molecule has 0 aromatic rings. The fraction of sp³-hybridized carbons (Fsp3) is 1.00. The predicted molar refractivity (Wildman–Crippen MR) is 65.1 cm³/mol. The number of rotatable bonds is 3. The van der Waals surface area contributed by atoms with Gasteiger partial charge in [0.25, 0.3) is 0 Å². The van der Waals surface area contributed by atoms with Crippen LogP contribution in [-0.2, 0) is 0 Å². The van der Waals surface area contributed by atoms with Crippen LogP contribution in [0.4, 0.5) is 0 Å². The predicted octanol–water partition coefficient (Wildman–Crippen LogP) is 2.34. The van der Waals surface area contributed by atoms with Crippen molar-refractivity contribution >= 4 is 0 Å². The molecule has 0 bridgehead atoms. The van der Waals surface area contributed by atoms with Crippen molar-refractivity contribution in [3.63, 3.8) is 0 Å². The summed E-state index contributed by atoms with van der Waals surface area (Å²) in [6.45, 7) is 11.0. The highest BCUT2D eigenvalue weighted by Crippen LogP contribution is 2.27. The van der Waals surface area contributed by atoms with Gasteiger partial charge >= 0.3 is 0 Å². The topological polar surface area (TPSA) is 6.48 Å². The first-order valence-electron chi connectivity index (χ1n) is 6.72. The highest BCUT2D eigenvalue weighted by molar-refractivity contribution is 4.90. The molecule has 2 saturated heterocycles. The Morgan fingerprint density at radius 2 is 2.00 bits per heavy atom. The summed E-state index contributed by atoms with van der Waals surface area (Å²) in [4.78, 5) is 5.43. The van der Waals surface area contributed by atoms with Crippen LogP contribution in [0, 0.1) is 0 Å². The molecule has 2 unspecified atom stereocenters. The molecule has 0 aromatic carbocycles. The Morgan fingerprint density at radius 3 is 2.60 bits per heavy atom. The van der Waals surface area contributed by atoms with Gasteiger partial charge in [-0.25, -0.2) is 0 Å². The third-order valence-corrected chi connectivity index (χ3v) is 4.29. The molecule has 0 radical (unpaired) electrons. The molecule has 2 aliphatic heterocycles. The van der Waals surface area contributed by atoms with Crippen LogP contribution in [0.3, 0.4) is 0 Å². The number of hydrogen-bond acceptors (Lipinski definition) is 2. The Labute approximate surface area is 94.6 Å². The normalized spacial score (nSPS) is 34.4. The molecule has 0 aromatic heterocycles. The lowest BCUT2D eigenvalue weighted by molar-refractivity contribution is 0.166. The van der Waals surface area contributed by atoms with Crippen molar-refractivity contribution in [2.45, 2.75) is 64.6 Å². The van der Waals surface area contributed by atoms with Crippen LogP contribution in [-0.4, -0.2) is 47.6 Å². The smallest absolute Gasteiger partial charge is 0.0238 e. The monoisotopic (exact) mass is 210 g/mol. The first kappa shape index (κ1) is 11.4. The van der Waals surface area contributed by atoms with Gasteiger partial charge in [-0.1, -0.05) is 6.92 Å². The van der Waals surface area contributed by atoms with E-state index in [9.17, 15) is 0 Å². The standard InChI is InChI=1S/C13H26N2/c1-4-12-6-5-8-15(12)13-7-9-14(10-13)11(2)3/h11-13H,4-10H2,1-3H3. The maximum absolute atomic E-state index is 2.79. The van der Waals surface area contributed by atoms with E-state index in [1.165, 1.54) is 45.3 Å². The molecule has 2 atom stereocenters. The second-order valence-electron chi connectivity index (χ2n) is 5.47. The molecule has 2 rings (SSSR count). The van der Waals surface area contributed by atoms with E-state index in [1.807, 2.05) is 0 Å². The van der Waals surface area contributed by atoms with Crippen LogP contribution in [0.5, 0.6) is 0 Å². The van der Waals surface area contributed by atoms with E-state index in [-0.39, 0.29) is 0 Å². The summed E-state index contributed by atoms with van der Waals surface area (Å²) in [5.74, 6) is 0. The van der Waals surface area contributed by atoms with Gasteiger partial charge in [-0.05, 0) is 46.1 Å². The second-order valence-corrected chi connectivity index (χ2v) is 5.47. The molecule has 0 spiro atoms. The zero-order valence-electron chi connectivity index (χ0n) is 10.6. The first-order chi connectivity index (χ1) is 7.22. The Morgan fingerprint density at radius 1 is 1.20 bits per heavy atom. The van der Waals surface area contributed by atoms with E-state index in [2.05, 4.69) is 30.6 Å². The van der Waals surface area contributed by atoms with Crippen molar-refractivity contribution in [3.8, 4) is 0 Å². The van der Waals surface area contributed by atoms with Gasteiger partial charge in [0.1, 0.15) is 0 Å². The molecule has 2 aliphatic rings.